The summed E-state index contributed by atoms with van der Waals surface area (Å²) in [5.74, 6) is -0.396. The van der Waals surface area contributed by atoms with Crippen LogP contribution in [0.25, 0.3) is 0 Å². The molecule has 2 aromatic carbocycles. The normalized spacial score (nSPS) is 10.2. The second kappa shape index (κ2) is 6.24. The fourth-order valence-corrected chi connectivity index (χ4v) is 2.29. The van der Waals surface area contributed by atoms with Crippen molar-refractivity contribution in [2.24, 2.45) is 0 Å². The lowest BCUT2D eigenvalue weighted by molar-refractivity contribution is 0.102. The van der Waals surface area contributed by atoms with Crippen LogP contribution < -0.4 is 10.1 Å². The lowest BCUT2D eigenvalue weighted by Gasteiger charge is -2.08. The zero-order valence-corrected chi connectivity index (χ0v) is 12.8. The van der Waals surface area contributed by atoms with Gasteiger partial charge in [0.15, 0.2) is 0 Å². The standard InChI is InChI=1S/C14H10BrClFNO2/c1-20-13-5-2-8(6-10(13)15)14(19)18-12-4-3-9(16)7-11(12)17/h2-7H,1H3,(H,18,19). The number of nitrogens with one attached hydrogen (secondary N) is 1. The maximum Gasteiger partial charge on any atom is 0.255 e. The van der Waals surface area contributed by atoms with Gasteiger partial charge in [-0.3, -0.25) is 4.79 Å². The van der Waals surface area contributed by atoms with Gasteiger partial charge in [-0.05, 0) is 52.3 Å². The molecule has 0 saturated heterocycles. The van der Waals surface area contributed by atoms with E-state index >= 15 is 0 Å². The first kappa shape index (κ1) is 14.8. The summed E-state index contributed by atoms with van der Waals surface area (Å²) in [6.07, 6.45) is 0. The number of benzene rings is 2. The van der Waals surface area contributed by atoms with Gasteiger partial charge >= 0.3 is 0 Å². The van der Waals surface area contributed by atoms with Gasteiger partial charge in [0.25, 0.3) is 5.91 Å². The minimum Gasteiger partial charge on any atom is -0.496 e. The van der Waals surface area contributed by atoms with Crippen LogP contribution in [0.15, 0.2) is 40.9 Å². The topological polar surface area (TPSA) is 38.3 Å². The number of rotatable bonds is 3. The van der Waals surface area contributed by atoms with Crippen LogP contribution in [0.4, 0.5) is 10.1 Å². The summed E-state index contributed by atoms with van der Waals surface area (Å²) in [7, 11) is 1.53. The summed E-state index contributed by atoms with van der Waals surface area (Å²) < 4.78 is 19.3. The second-order valence-electron chi connectivity index (χ2n) is 3.93. The summed E-state index contributed by atoms with van der Waals surface area (Å²) >= 11 is 8.94. The minimum absolute atomic E-state index is 0.0753. The van der Waals surface area contributed by atoms with Crippen molar-refractivity contribution < 1.29 is 13.9 Å². The molecule has 2 rings (SSSR count). The molecule has 0 saturated carbocycles. The number of methoxy groups -OCH3 is 1. The molecule has 6 heteroatoms. The Kier molecular flexibility index (Phi) is 4.62. The highest BCUT2D eigenvalue weighted by Gasteiger charge is 2.11. The van der Waals surface area contributed by atoms with Gasteiger partial charge in [0.05, 0.1) is 17.3 Å². The molecule has 1 amide bonds. The quantitative estimate of drug-likeness (QED) is 0.877. The molecule has 0 unspecified atom stereocenters. The third-order valence-corrected chi connectivity index (χ3v) is 3.45. The third kappa shape index (κ3) is 3.29. The summed E-state index contributed by atoms with van der Waals surface area (Å²) in [4.78, 5) is 12.0. The maximum absolute atomic E-state index is 13.6. The van der Waals surface area contributed by atoms with E-state index < -0.39 is 11.7 Å². The highest BCUT2D eigenvalue weighted by Crippen LogP contribution is 2.26. The first-order valence-corrected chi connectivity index (χ1v) is 6.78. The summed E-state index contributed by atoms with van der Waals surface area (Å²) in [5.41, 5.74) is 0.457. The number of hydrogen-bond acceptors (Lipinski definition) is 2. The number of anilines is 1. The molecule has 0 atom stereocenters. The van der Waals surface area contributed by atoms with Crippen LogP contribution in [-0.2, 0) is 0 Å². The molecular formula is C14H10BrClFNO2. The second-order valence-corrected chi connectivity index (χ2v) is 5.22. The monoisotopic (exact) mass is 357 g/mol. The molecule has 20 heavy (non-hydrogen) atoms. The van der Waals surface area contributed by atoms with Crippen molar-refractivity contribution in [3.8, 4) is 5.75 Å². The Morgan fingerprint density at radius 1 is 1.30 bits per heavy atom. The average molecular weight is 359 g/mol. The van der Waals surface area contributed by atoms with Crippen molar-refractivity contribution in [2.45, 2.75) is 0 Å². The molecule has 0 radical (unpaired) electrons. The average Bonchev–Trinajstić information content (AvgIpc) is 2.41. The van der Waals surface area contributed by atoms with Gasteiger partial charge in [-0.15, -0.1) is 0 Å². The van der Waals surface area contributed by atoms with E-state index in [1.807, 2.05) is 0 Å². The van der Waals surface area contributed by atoms with Crippen LogP contribution in [0.1, 0.15) is 10.4 Å². The zero-order valence-electron chi connectivity index (χ0n) is 10.4. The van der Waals surface area contributed by atoms with Crippen molar-refractivity contribution in [3.63, 3.8) is 0 Å². The van der Waals surface area contributed by atoms with E-state index in [-0.39, 0.29) is 10.7 Å². The van der Waals surface area contributed by atoms with Crippen LogP contribution in [0.5, 0.6) is 5.75 Å². The molecule has 0 aliphatic rings. The molecule has 0 aliphatic heterocycles. The Balaban J connectivity index is 2.21. The van der Waals surface area contributed by atoms with Crippen molar-refractivity contribution in [3.05, 3.63) is 57.3 Å². The molecule has 0 aliphatic carbocycles. The van der Waals surface area contributed by atoms with Gasteiger partial charge in [-0.2, -0.15) is 0 Å². The van der Waals surface area contributed by atoms with E-state index in [4.69, 9.17) is 16.3 Å². The molecule has 0 fully saturated rings. The highest BCUT2D eigenvalue weighted by atomic mass is 79.9. The number of carbonyl (C=O) groups excluding carboxylic acids is 1. The molecule has 104 valence electrons. The van der Waals surface area contributed by atoms with Crippen molar-refractivity contribution in [1.82, 2.24) is 0 Å². The van der Waals surface area contributed by atoms with Crippen molar-refractivity contribution in [2.75, 3.05) is 12.4 Å². The number of halogens is 3. The van der Waals surface area contributed by atoms with Gasteiger partial charge in [0, 0.05) is 10.6 Å². The number of amides is 1. The molecule has 3 nitrogen and oxygen atoms in total. The smallest absolute Gasteiger partial charge is 0.255 e. The van der Waals surface area contributed by atoms with Crippen molar-refractivity contribution >= 4 is 39.1 Å². The fourth-order valence-electron chi connectivity index (χ4n) is 1.59. The Morgan fingerprint density at radius 3 is 2.65 bits per heavy atom. The molecule has 0 aromatic heterocycles. The Morgan fingerprint density at radius 2 is 2.05 bits per heavy atom. The van der Waals surface area contributed by atoms with Gasteiger partial charge in [-0.25, -0.2) is 4.39 Å². The first-order chi connectivity index (χ1) is 9.51. The molecule has 0 heterocycles. The van der Waals surface area contributed by atoms with E-state index in [0.29, 0.717) is 15.8 Å². The first-order valence-electron chi connectivity index (χ1n) is 5.61. The number of ether oxygens (including phenoxy) is 1. The highest BCUT2D eigenvalue weighted by molar-refractivity contribution is 9.10. The molecule has 1 N–H and O–H groups in total. The summed E-state index contributed by atoms with van der Waals surface area (Å²) in [6.45, 7) is 0. The predicted octanol–water partition coefficient (Wildman–Crippen LogP) is 4.50. The largest absolute Gasteiger partial charge is 0.496 e. The van der Waals surface area contributed by atoms with Gasteiger partial charge in [-0.1, -0.05) is 11.6 Å². The predicted molar refractivity (Wildman–Crippen MR) is 80.1 cm³/mol. The summed E-state index contributed by atoms with van der Waals surface area (Å²) in [5, 5.41) is 2.76. The van der Waals surface area contributed by atoms with E-state index in [2.05, 4.69) is 21.2 Å². The van der Waals surface area contributed by atoms with Crippen LogP contribution in [-0.4, -0.2) is 13.0 Å². The van der Waals surface area contributed by atoms with E-state index in [9.17, 15) is 9.18 Å². The molecular weight excluding hydrogens is 349 g/mol. The molecule has 0 bridgehead atoms. The van der Waals surface area contributed by atoms with E-state index in [1.165, 1.54) is 19.2 Å². The zero-order chi connectivity index (χ0) is 14.7. The fraction of sp³-hybridized carbons (Fsp3) is 0.0714. The van der Waals surface area contributed by atoms with Crippen LogP contribution in [0, 0.1) is 5.82 Å². The Hall–Kier alpha value is -1.59. The maximum atomic E-state index is 13.6. The Labute approximate surface area is 128 Å². The van der Waals surface area contributed by atoms with E-state index in [1.54, 1.807) is 18.2 Å². The SMILES string of the molecule is COc1ccc(C(=O)Nc2ccc(Cl)cc2F)cc1Br. The Bertz CT molecular complexity index is 664. The van der Waals surface area contributed by atoms with E-state index in [0.717, 1.165) is 6.07 Å². The van der Waals surface area contributed by atoms with Crippen LogP contribution >= 0.6 is 27.5 Å². The number of carbonyl (C=O) groups is 1. The van der Waals surface area contributed by atoms with Crippen LogP contribution in [0.3, 0.4) is 0 Å². The summed E-state index contributed by atoms with van der Waals surface area (Å²) in [6, 6.07) is 8.89. The van der Waals surface area contributed by atoms with Gasteiger partial charge < -0.3 is 10.1 Å². The minimum atomic E-state index is -0.585. The molecule has 0 spiro atoms. The lowest BCUT2D eigenvalue weighted by atomic mass is 10.2. The van der Waals surface area contributed by atoms with Crippen LogP contribution in [0.2, 0.25) is 5.02 Å². The van der Waals surface area contributed by atoms with Gasteiger partial charge in [0.2, 0.25) is 0 Å². The number of hydrogen-bond donors (Lipinski definition) is 1. The lowest BCUT2D eigenvalue weighted by Crippen LogP contribution is -2.13. The van der Waals surface area contributed by atoms with Crippen molar-refractivity contribution in [1.29, 1.82) is 0 Å². The molecule has 2 aromatic rings. The third-order valence-electron chi connectivity index (χ3n) is 2.59. The van der Waals surface area contributed by atoms with Gasteiger partial charge in [0.1, 0.15) is 11.6 Å².